The maximum Gasteiger partial charge on any atom is 0.156 e. The molecule has 0 aliphatic rings. The largest absolute Gasteiger partial charge is 0.251 e. The molecule has 0 radical (unpaired) electrons. The first-order valence-corrected chi connectivity index (χ1v) is 7.03. The summed E-state index contributed by atoms with van der Waals surface area (Å²) in [4.78, 5) is 15.4. The molecule has 0 saturated heterocycles. The van der Waals surface area contributed by atoms with Gasteiger partial charge in [0.05, 0.1) is 0 Å². The van der Waals surface area contributed by atoms with Gasteiger partial charge in [0.2, 0.25) is 0 Å². The van der Waals surface area contributed by atoms with Crippen LogP contribution >= 0.6 is 22.2 Å². The molecule has 0 spiro atoms. The van der Waals surface area contributed by atoms with Gasteiger partial charge in [-0.25, -0.2) is 9.68 Å². The van der Waals surface area contributed by atoms with Gasteiger partial charge in [0.1, 0.15) is 6.61 Å². The van der Waals surface area contributed by atoms with Crippen LogP contribution < -0.4 is 0 Å². The number of hydrogen-bond acceptors (Lipinski definition) is 4. The van der Waals surface area contributed by atoms with Crippen LogP contribution in [0.3, 0.4) is 0 Å². The summed E-state index contributed by atoms with van der Waals surface area (Å²) < 4.78 is 0. The van der Waals surface area contributed by atoms with Crippen molar-refractivity contribution in [2.24, 2.45) is 0 Å². The lowest BCUT2D eigenvalue weighted by Crippen LogP contribution is -1.86. The molecule has 3 nitrogen and oxygen atoms in total. The summed E-state index contributed by atoms with van der Waals surface area (Å²) >= 11 is 1.63. The normalized spacial score (nSPS) is 12.1. The molecule has 15 heavy (non-hydrogen) atoms. The second-order valence-electron chi connectivity index (χ2n) is 2.90. The van der Waals surface area contributed by atoms with Crippen molar-refractivity contribution in [3.63, 3.8) is 0 Å². The number of benzene rings is 1. The second-order valence-corrected chi connectivity index (χ2v) is 6.04. The third kappa shape index (κ3) is 4.64. The Bertz CT molecular complexity index is 355. The van der Waals surface area contributed by atoms with Gasteiger partial charge in [-0.05, 0) is 24.0 Å². The minimum atomic E-state index is -0.294. The summed E-state index contributed by atoms with van der Waals surface area (Å²) in [7, 11) is -0.294. The maximum atomic E-state index is 10.3. The third-order valence-corrected chi connectivity index (χ3v) is 4.47. The molecule has 0 saturated carbocycles. The molecule has 1 N–H and O–H groups in total. The van der Waals surface area contributed by atoms with Crippen molar-refractivity contribution in [2.45, 2.75) is 11.5 Å². The Balaban J connectivity index is 2.53. The van der Waals surface area contributed by atoms with Crippen LogP contribution in [0.25, 0.3) is 0 Å². The average molecular weight is 244 g/mol. The quantitative estimate of drug-likeness (QED) is 0.374. The summed E-state index contributed by atoms with van der Waals surface area (Å²) in [5.74, 6) is 0. The minimum absolute atomic E-state index is 0.200. The zero-order valence-corrected chi connectivity index (χ0v) is 9.94. The van der Waals surface area contributed by atoms with Crippen LogP contribution in [0.15, 0.2) is 29.2 Å². The molecule has 0 aromatic heterocycles. The van der Waals surface area contributed by atoms with Crippen molar-refractivity contribution in [3.05, 3.63) is 29.8 Å². The third-order valence-electron chi connectivity index (χ3n) is 1.70. The fraction of sp³-hybridized carbons (Fsp3) is 0.300. The highest BCUT2D eigenvalue weighted by atomic mass is 32.2. The first-order valence-electron chi connectivity index (χ1n) is 4.24. The van der Waals surface area contributed by atoms with Crippen molar-refractivity contribution in [2.75, 3.05) is 11.3 Å². The van der Waals surface area contributed by atoms with Crippen molar-refractivity contribution >= 4 is 27.5 Å². The maximum absolute atomic E-state index is 10.3. The van der Waals surface area contributed by atoms with E-state index in [1.54, 1.807) is 11.8 Å². The Morgan fingerprint density at radius 3 is 2.67 bits per heavy atom. The molecular formula is C10H12O3S2. The monoisotopic (exact) mass is 244 g/mol. The molecule has 0 aliphatic carbocycles. The Hall–Kier alpha value is -0.580. The standard InChI is InChI=1S/C10H12O3S2/c1-15(7-11)8-14-10-4-2-9(3-5-10)6-13-12/h2-5,12H,6,8H2,1H3. The van der Waals surface area contributed by atoms with E-state index in [4.69, 9.17) is 5.26 Å². The van der Waals surface area contributed by atoms with Crippen LogP contribution in [-0.4, -0.2) is 21.8 Å². The van der Waals surface area contributed by atoms with Crippen LogP contribution in [0.2, 0.25) is 0 Å². The van der Waals surface area contributed by atoms with Gasteiger partial charge >= 0.3 is 0 Å². The SMILES string of the molecule is CS(=C=O)CSc1ccc(COO)cc1. The Morgan fingerprint density at radius 2 is 2.13 bits per heavy atom. The number of thioether (sulfide) groups is 1. The Kier molecular flexibility index (Phi) is 5.68. The highest BCUT2D eigenvalue weighted by molar-refractivity contribution is 8.24. The summed E-state index contributed by atoms with van der Waals surface area (Å²) in [6, 6.07) is 7.66. The minimum Gasteiger partial charge on any atom is -0.251 e. The zero-order valence-electron chi connectivity index (χ0n) is 8.30. The molecule has 5 heteroatoms. The van der Waals surface area contributed by atoms with Gasteiger partial charge in [-0.1, -0.05) is 22.6 Å². The van der Waals surface area contributed by atoms with E-state index in [2.05, 4.69) is 4.89 Å². The second kappa shape index (κ2) is 6.82. The molecule has 1 rings (SSSR count). The van der Waals surface area contributed by atoms with Crippen LogP contribution in [-0.2, 0) is 16.3 Å². The highest BCUT2D eigenvalue weighted by Crippen LogP contribution is 2.24. The molecule has 0 aliphatic heterocycles. The lowest BCUT2D eigenvalue weighted by Gasteiger charge is -2.02. The fourth-order valence-corrected chi connectivity index (χ4v) is 2.71. The summed E-state index contributed by atoms with van der Waals surface area (Å²) in [6.07, 6.45) is 1.87. The van der Waals surface area contributed by atoms with E-state index >= 15 is 0 Å². The van der Waals surface area contributed by atoms with E-state index < -0.39 is 0 Å². The van der Waals surface area contributed by atoms with E-state index in [0.717, 1.165) is 15.5 Å². The smallest absolute Gasteiger partial charge is 0.156 e. The molecule has 0 bridgehead atoms. The molecule has 0 amide bonds. The summed E-state index contributed by atoms with van der Waals surface area (Å²) in [5, 5.41) is 11.0. The Labute approximate surface area is 95.3 Å². The van der Waals surface area contributed by atoms with Crippen molar-refractivity contribution in [3.8, 4) is 0 Å². The molecule has 1 aromatic carbocycles. The van der Waals surface area contributed by atoms with Gasteiger partial charge in [0.25, 0.3) is 0 Å². The van der Waals surface area contributed by atoms with E-state index in [9.17, 15) is 4.79 Å². The Morgan fingerprint density at radius 1 is 1.47 bits per heavy atom. The molecule has 82 valence electrons. The van der Waals surface area contributed by atoms with Gasteiger partial charge in [-0.2, -0.15) is 0 Å². The summed E-state index contributed by atoms with van der Waals surface area (Å²) in [6.45, 7) is 0.200. The van der Waals surface area contributed by atoms with Gasteiger partial charge in [0, 0.05) is 9.98 Å². The molecule has 0 fully saturated rings. The molecule has 1 atom stereocenters. The van der Waals surface area contributed by atoms with E-state index in [-0.39, 0.29) is 17.1 Å². The number of rotatable bonds is 5. The van der Waals surface area contributed by atoms with Crippen molar-refractivity contribution in [1.82, 2.24) is 0 Å². The van der Waals surface area contributed by atoms with Crippen LogP contribution in [0.1, 0.15) is 5.56 Å². The van der Waals surface area contributed by atoms with E-state index in [1.165, 1.54) is 0 Å². The van der Waals surface area contributed by atoms with E-state index in [0.29, 0.717) is 0 Å². The predicted octanol–water partition coefficient (Wildman–Crippen LogP) is 2.69. The van der Waals surface area contributed by atoms with Gasteiger partial charge in [0.15, 0.2) is 5.23 Å². The average Bonchev–Trinajstić information content (AvgIpc) is 2.28. The van der Waals surface area contributed by atoms with Crippen molar-refractivity contribution < 1.29 is 14.9 Å². The number of hydrogen-bond donors (Lipinski definition) is 1. The molecule has 1 aromatic rings. The topological polar surface area (TPSA) is 46.5 Å². The number of carbonyl (C=O) groups excluding carboxylic acids is 1. The zero-order chi connectivity index (χ0) is 11.1. The molecule has 1 unspecified atom stereocenters. The first kappa shape index (κ1) is 12.5. The van der Waals surface area contributed by atoms with Crippen molar-refractivity contribution in [1.29, 1.82) is 0 Å². The molecule has 0 heterocycles. The predicted molar refractivity (Wildman–Crippen MR) is 63.8 cm³/mol. The van der Waals surface area contributed by atoms with Crippen LogP contribution in [0.4, 0.5) is 0 Å². The highest BCUT2D eigenvalue weighted by Gasteiger charge is 1.96. The first-order chi connectivity index (χ1) is 7.26. The lowest BCUT2D eigenvalue weighted by molar-refractivity contribution is -0.253. The summed E-state index contributed by atoms with van der Waals surface area (Å²) in [5.41, 5.74) is 0.916. The fourth-order valence-electron chi connectivity index (χ4n) is 0.937. The van der Waals surface area contributed by atoms with Gasteiger partial charge in [-0.3, -0.25) is 5.26 Å². The lowest BCUT2D eigenvalue weighted by atomic mass is 10.2. The van der Waals surface area contributed by atoms with Crippen LogP contribution in [0.5, 0.6) is 0 Å². The van der Waals surface area contributed by atoms with Gasteiger partial charge < -0.3 is 0 Å². The van der Waals surface area contributed by atoms with Crippen LogP contribution in [0, 0.1) is 0 Å². The van der Waals surface area contributed by atoms with E-state index in [1.807, 2.05) is 35.8 Å². The molecular weight excluding hydrogens is 232 g/mol. The van der Waals surface area contributed by atoms with Gasteiger partial charge in [-0.15, -0.1) is 11.8 Å².